The Morgan fingerprint density at radius 1 is 1.32 bits per heavy atom. The zero-order valence-electron chi connectivity index (χ0n) is 12.3. The molecule has 2 heterocycles. The van der Waals surface area contributed by atoms with Crippen LogP contribution in [0.2, 0.25) is 0 Å². The molecule has 1 saturated heterocycles. The van der Waals surface area contributed by atoms with Crippen molar-refractivity contribution in [3.63, 3.8) is 0 Å². The minimum Gasteiger partial charge on any atom is -0.472 e. The van der Waals surface area contributed by atoms with Crippen LogP contribution in [0.25, 0.3) is 0 Å². The van der Waals surface area contributed by atoms with Crippen LogP contribution in [0.15, 0.2) is 42.6 Å². The van der Waals surface area contributed by atoms with Gasteiger partial charge in [-0.05, 0) is 18.6 Å². The monoisotopic (exact) mass is 299 g/mol. The number of hydrogen-bond donors (Lipinski definition) is 0. The number of nitro benzene ring substituents is 1. The Morgan fingerprint density at radius 3 is 2.86 bits per heavy atom. The van der Waals surface area contributed by atoms with Crippen LogP contribution in [0.4, 0.5) is 11.4 Å². The van der Waals surface area contributed by atoms with Crippen molar-refractivity contribution in [3.05, 3.63) is 58.3 Å². The molecular weight excluding hydrogens is 282 g/mol. The molecule has 1 aromatic heterocycles. The van der Waals surface area contributed by atoms with Gasteiger partial charge in [0.25, 0.3) is 5.69 Å². The van der Waals surface area contributed by atoms with E-state index >= 15 is 0 Å². The molecule has 6 nitrogen and oxygen atoms in total. The number of aromatic nitrogens is 1. The molecule has 0 unspecified atom stereocenters. The molecule has 1 fully saturated rings. The van der Waals surface area contributed by atoms with Crippen LogP contribution in [0.3, 0.4) is 0 Å². The molecule has 0 aliphatic carbocycles. The SMILES string of the molecule is Cc1ccc(O[C@H]2CCN(c3ccccc3[N+](=O)[O-])C2)nc1. The lowest BCUT2D eigenvalue weighted by Crippen LogP contribution is -2.25. The molecule has 22 heavy (non-hydrogen) atoms. The first kappa shape index (κ1) is 14.3. The van der Waals surface area contributed by atoms with Gasteiger partial charge in [0.15, 0.2) is 0 Å². The first-order valence-electron chi connectivity index (χ1n) is 7.21. The maximum absolute atomic E-state index is 11.1. The van der Waals surface area contributed by atoms with Crippen molar-refractivity contribution >= 4 is 11.4 Å². The van der Waals surface area contributed by atoms with Gasteiger partial charge in [-0.15, -0.1) is 0 Å². The largest absolute Gasteiger partial charge is 0.472 e. The molecule has 0 amide bonds. The Labute approximate surface area is 128 Å². The van der Waals surface area contributed by atoms with E-state index in [0.29, 0.717) is 18.1 Å². The molecule has 2 aromatic rings. The third-order valence-electron chi connectivity index (χ3n) is 3.74. The molecule has 3 rings (SSSR count). The van der Waals surface area contributed by atoms with Crippen LogP contribution in [-0.2, 0) is 0 Å². The number of benzene rings is 1. The fourth-order valence-electron chi connectivity index (χ4n) is 2.62. The van der Waals surface area contributed by atoms with Gasteiger partial charge in [-0.1, -0.05) is 18.2 Å². The van der Waals surface area contributed by atoms with Gasteiger partial charge >= 0.3 is 0 Å². The van der Waals surface area contributed by atoms with Gasteiger partial charge in [-0.2, -0.15) is 0 Å². The summed E-state index contributed by atoms with van der Waals surface area (Å²) in [5.74, 6) is 0.597. The maximum Gasteiger partial charge on any atom is 0.292 e. The van der Waals surface area contributed by atoms with Crippen molar-refractivity contribution in [2.75, 3.05) is 18.0 Å². The first-order valence-corrected chi connectivity index (χ1v) is 7.21. The highest BCUT2D eigenvalue weighted by atomic mass is 16.6. The summed E-state index contributed by atoms with van der Waals surface area (Å²) in [5.41, 5.74) is 1.87. The number of anilines is 1. The van der Waals surface area contributed by atoms with E-state index in [1.807, 2.05) is 30.0 Å². The molecule has 0 saturated carbocycles. The predicted octanol–water partition coefficient (Wildman–Crippen LogP) is 2.96. The molecule has 1 aliphatic rings. The number of ether oxygens (including phenoxy) is 1. The molecule has 1 aliphatic heterocycles. The minimum absolute atomic E-state index is 0.00461. The van der Waals surface area contributed by atoms with Crippen molar-refractivity contribution < 1.29 is 9.66 Å². The number of rotatable bonds is 4. The Balaban J connectivity index is 1.70. The number of hydrogen-bond acceptors (Lipinski definition) is 5. The number of pyridine rings is 1. The summed E-state index contributed by atoms with van der Waals surface area (Å²) >= 11 is 0. The number of aryl methyl sites for hydroxylation is 1. The Bertz CT molecular complexity index is 673. The van der Waals surface area contributed by atoms with Crippen molar-refractivity contribution in [3.8, 4) is 5.88 Å². The van der Waals surface area contributed by atoms with Crippen LogP contribution in [0, 0.1) is 17.0 Å². The standard InChI is InChI=1S/C16H17N3O3/c1-12-6-7-16(17-10-12)22-13-8-9-18(11-13)14-4-2-3-5-15(14)19(20)21/h2-7,10,13H,8-9,11H2,1H3/t13-/m0/s1. The lowest BCUT2D eigenvalue weighted by atomic mass is 10.2. The van der Waals surface area contributed by atoms with E-state index in [1.165, 1.54) is 6.07 Å². The van der Waals surface area contributed by atoms with Crippen LogP contribution in [0.5, 0.6) is 5.88 Å². The lowest BCUT2D eigenvalue weighted by molar-refractivity contribution is -0.384. The number of para-hydroxylation sites is 2. The molecule has 1 aromatic carbocycles. The van der Waals surface area contributed by atoms with Gasteiger partial charge in [-0.3, -0.25) is 10.1 Å². The van der Waals surface area contributed by atoms with Gasteiger partial charge < -0.3 is 9.64 Å². The zero-order chi connectivity index (χ0) is 15.5. The highest BCUT2D eigenvalue weighted by Crippen LogP contribution is 2.31. The average molecular weight is 299 g/mol. The number of nitro groups is 1. The van der Waals surface area contributed by atoms with Gasteiger partial charge in [0, 0.05) is 31.3 Å². The van der Waals surface area contributed by atoms with E-state index in [-0.39, 0.29) is 16.7 Å². The normalized spacial score (nSPS) is 17.5. The Hall–Kier alpha value is -2.63. The quantitative estimate of drug-likeness (QED) is 0.641. The van der Waals surface area contributed by atoms with Crippen molar-refractivity contribution in [1.82, 2.24) is 4.98 Å². The second-order valence-corrected chi connectivity index (χ2v) is 5.39. The third-order valence-corrected chi connectivity index (χ3v) is 3.74. The first-order chi connectivity index (χ1) is 10.6. The molecule has 0 bridgehead atoms. The maximum atomic E-state index is 11.1. The van der Waals surface area contributed by atoms with Crippen molar-refractivity contribution in [2.45, 2.75) is 19.4 Å². The fraction of sp³-hybridized carbons (Fsp3) is 0.312. The van der Waals surface area contributed by atoms with Gasteiger partial charge in [0.05, 0.1) is 11.5 Å². The van der Waals surface area contributed by atoms with Gasteiger partial charge in [0.1, 0.15) is 11.8 Å². The molecule has 1 atom stereocenters. The summed E-state index contributed by atoms with van der Waals surface area (Å²) in [4.78, 5) is 17.0. The Morgan fingerprint density at radius 2 is 2.14 bits per heavy atom. The van der Waals surface area contributed by atoms with Crippen LogP contribution in [-0.4, -0.2) is 29.1 Å². The van der Waals surface area contributed by atoms with E-state index in [2.05, 4.69) is 4.98 Å². The summed E-state index contributed by atoms with van der Waals surface area (Å²) in [6, 6.07) is 10.6. The topological polar surface area (TPSA) is 68.5 Å². The summed E-state index contributed by atoms with van der Waals surface area (Å²) in [7, 11) is 0. The Kier molecular flexibility index (Phi) is 3.91. The van der Waals surface area contributed by atoms with E-state index < -0.39 is 0 Å². The van der Waals surface area contributed by atoms with E-state index in [1.54, 1.807) is 18.3 Å². The van der Waals surface area contributed by atoms with E-state index in [9.17, 15) is 10.1 Å². The van der Waals surface area contributed by atoms with Crippen molar-refractivity contribution in [1.29, 1.82) is 0 Å². The van der Waals surface area contributed by atoms with Crippen LogP contribution < -0.4 is 9.64 Å². The van der Waals surface area contributed by atoms with Crippen molar-refractivity contribution in [2.24, 2.45) is 0 Å². The summed E-state index contributed by atoms with van der Waals surface area (Å²) < 4.78 is 5.86. The highest BCUT2D eigenvalue weighted by molar-refractivity contribution is 5.63. The molecule has 0 radical (unpaired) electrons. The van der Waals surface area contributed by atoms with E-state index in [0.717, 1.165) is 18.5 Å². The van der Waals surface area contributed by atoms with Crippen LogP contribution in [0.1, 0.15) is 12.0 Å². The molecule has 114 valence electrons. The molecule has 0 N–H and O–H groups in total. The molecule has 0 spiro atoms. The number of nitrogens with zero attached hydrogens (tertiary/aromatic N) is 3. The molecular formula is C16H17N3O3. The summed E-state index contributed by atoms with van der Waals surface area (Å²) in [6.45, 7) is 3.34. The van der Waals surface area contributed by atoms with Crippen LogP contribution >= 0.6 is 0 Å². The highest BCUT2D eigenvalue weighted by Gasteiger charge is 2.28. The lowest BCUT2D eigenvalue weighted by Gasteiger charge is -2.18. The zero-order valence-corrected chi connectivity index (χ0v) is 12.3. The predicted molar refractivity (Wildman–Crippen MR) is 83.3 cm³/mol. The molecule has 6 heteroatoms. The fourth-order valence-corrected chi connectivity index (χ4v) is 2.62. The average Bonchev–Trinajstić information content (AvgIpc) is 2.98. The van der Waals surface area contributed by atoms with Gasteiger partial charge in [0.2, 0.25) is 5.88 Å². The minimum atomic E-state index is -0.342. The second-order valence-electron chi connectivity index (χ2n) is 5.39. The summed E-state index contributed by atoms with van der Waals surface area (Å²) in [6.07, 6.45) is 2.58. The third kappa shape index (κ3) is 3.00. The van der Waals surface area contributed by atoms with Gasteiger partial charge in [-0.25, -0.2) is 4.98 Å². The van der Waals surface area contributed by atoms with E-state index in [4.69, 9.17) is 4.74 Å². The summed E-state index contributed by atoms with van der Waals surface area (Å²) in [5, 5.41) is 11.1. The second kappa shape index (κ2) is 6.01. The smallest absolute Gasteiger partial charge is 0.292 e.